The van der Waals surface area contributed by atoms with Crippen molar-refractivity contribution in [3.05, 3.63) is 16.3 Å². The predicted octanol–water partition coefficient (Wildman–Crippen LogP) is 2.14. The van der Waals surface area contributed by atoms with Crippen molar-refractivity contribution in [1.82, 2.24) is 5.32 Å². The number of carboxylic acid groups (broad SMARTS) is 1. The van der Waals surface area contributed by atoms with Crippen LogP contribution in [0, 0.1) is 5.41 Å². The zero-order valence-electron chi connectivity index (χ0n) is 13.1. The maximum atomic E-state index is 12.5. The number of hydrogen-bond donors (Lipinski definition) is 2. The van der Waals surface area contributed by atoms with E-state index in [4.69, 9.17) is 9.47 Å². The summed E-state index contributed by atoms with van der Waals surface area (Å²) in [5, 5.41) is 14.1. The summed E-state index contributed by atoms with van der Waals surface area (Å²) in [7, 11) is 1.48. The molecule has 2 rings (SSSR count). The van der Waals surface area contributed by atoms with E-state index in [0.717, 1.165) is 0 Å². The molecular weight excluding hydrogens is 306 g/mol. The Balaban J connectivity index is 2.24. The van der Waals surface area contributed by atoms with Gasteiger partial charge in [0.05, 0.1) is 13.2 Å². The van der Waals surface area contributed by atoms with Gasteiger partial charge in [-0.2, -0.15) is 0 Å². The van der Waals surface area contributed by atoms with Crippen LogP contribution in [0.4, 0.5) is 0 Å². The predicted molar refractivity (Wildman–Crippen MR) is 82.5 cm³/mol. The minimum Gasteiger partial charge on any atom is -0.495 e. The minimum atomic E-state index is -1.33. The maximum Gasteiger partial charge on any atom is 0.330 e. The van der Waals surface area contributed by atoms with Gasteiger partial charge >= 0.3 is 5.97 Å². The number of aliphatic carboxylic acids is 1. The molecule has 2 atom stereocenters. The molecule has 0 saturated heterocycles. The van der Waals surface area contributed by atoms with E-state index >= 15 is 0 Å². The summed E-state index contributed by atoms with van der Waals surface area (Å²) < 4.78 is 10.7. The van der Waals surface area contributed by atoms with Crippen molar-refractivity contribution in [2.75, 3.05) is 13.7 Å². The molecule has 122 valence electrons. The first-order valence-electron chi connectivity index (χ1n) is 7.09. The van der Waals surface area contributed by atoms with Gasteiger partial charge in [-0.15, -0.1) is 11.3 Å². The SMILES string of the molecule is CCO[C@@H]1C[C@](NC(=O)c2sccc2OC)(C(=O)O)C1(C)C. The van der Waals surface area contributed by atoms with E-state index < -0.39 is 22.8 Å². The molecule has 6 nitrogen and oxygen atoms in total. The number of rotatable bonds is 6. The summed E-state index contributed by atoms with van der Waals surface area (Å²) in [4.78, 5) is 24.7. The lowest BCUT2D eigenvalue weighted by Gasteiger charge is -2.58. The molecule has 0 aromatic carbocycles. The van der Waals surface area contributed by atoms with Crippen LogP contribution >= 0.6 is 11.3 Å². The van der Waals surface area contributed by atoms with Crippen molar-refractivity contribution in [3.63, 3.8) is 0 Å². The number of carbonyl (C=O) groups excluding carboxylic acids is 1. The summed E-state index contributed by atoms with van der Waals surface area (Å²) in [6.45, 7) is 5.98. The molecule has 22 heavy (non-hydrogen) atoms. The highest BCUT2D eigenvalue weighted by Gasteiger charge is 2.66. The van der Waals surface area contributed by atoms with Crippen LogP contribution in [-0.4, -0.2) is 42.3 Å². The molecule has 7 heteroatoms. The van der Waals surface area contributed by atoms with Crippen molar-refractivity contribution in [3.8, 4) is 5.75 Å². The first-order chi connectivity index (χ1) is 10.3. The Morgan fingerprint density at radius 1 is 1.50 bits per heavy atom. The van der Waals surface area contributed by atoms with Gasteiger partial charge < -0.3 is 19.9 Å². The normalized spacial score (nSPS) is 26.1. The number of nitrogens with one attached hydrogen (secondary N) is 1. The smallest absolute Gasteiger partial charge is 0.330 e. The Morgan fingerprint density at radius 2 is 2.18 bits per heavy atom. The second kappa shape index (κ2) is 5.89. The van der Waals surface area contributed by atoms with E-state index in [1.165, 1.54) is 18.4 Å². The first-order valence-corrected chi connectivity index (χ1v) is 7.97. The summed E-state index contributed by atoms with van der Waals surface area (Å²) in [6, 6.07) is 1.68. The van der Waals surface area contributed by atoms with Gasteiger partial charge in [-0.25, -0.2) is 4.79 Å². The topological polar surface area (TPSA) is 84.9 Å². The Labute approximate surface area is 133 Å². The van der Waals surface area contributed by atoms with E-state index in [-0.39, 0.29) is 12.5 Å². The fourth-order valence-electron chi connectivity index (χ4n) is 2.91. The van der Waals surface area contributed by atoms with Crippen LogP contribution in [0.5, 0.6) is 5.75 Å². The van der Waals surface area contributed by atoms with Gasteiger partial charge in [-0.3, -0.25) is 4.79 Å². The average molecular weight is 327 g/mol. The third-order valence-electron chi connectivity index (χ3n) is 4.51. The van der Waals surface area contributed by atoms with Gasteiger partial charge in [0, 0.05) is 18.4 Å². The van der Waals surface area contributed by atoms with E-state index in [2.05, 4.69) is 5.32 Å². The largest absolute Gasteiger partial charge is 0.495 e. The standard InChI is InChI=1S/C15H21NO5S/c1-5-21-10-8-15(13(18)19,14(10,2)3)16-12(17)11-9(20-4)6-7-22-11/h6-7,10H,5,8H2,1-4H3,(H,16,17)(H,18,19)/t10-,15+/m1/s1. The number of carboxylic acids is 1. The summed E-state index contributed by atoms with van der Waals surface area (Å²) in [6.07, 6.45) is 0.0573. The van der Waals surface area contributed by atoms with Crippen molar-refractivity contribution >= 4 is 23.2 Å². The fraction of sp³-hybridized carbons (Fsp3) is 0.600. The summed E-state index contributed by atoms with van der Waals surface area (Å²) >= 11 is 1.22. The molecule has 1 heterocycles. The molecule has 0 unspecified atom stereocenters. The Morgan fingerprint density at radius 3 is 2.68 bits per heavy atom. The molecule has 0 spiro atoms. The second-order valence-corrected chi connectivity index (χ2v) is 6.77. The van der Waals surface area contributed by atoms with E-state index in [1.807, 2.05) is 6.92 Å². The first kappa shape index (κ1) is 16.8. The van der Waals surface area contributed by atoms with Crippen LogP contribution in [0.25, 0.3) is 0 Å². The molecule has 1 aromatic rings. The van der Waals surface area contributed by atoms with Gasteiger partial charge in [-0.1, -0.05) is 13.8 Å². The number of methoxy groups -OCH3 is 1. The Bertz CT molecular complexity index is 582. The second-order valence-electron chi connectivity index (χ2n) is 5.85. The molecule has 2 N–H and O–H groups in total. The van der Waals surface area contributed by atoms with E-state index in [0.29, 0.717) is 17.2 Å². The van der Waals surface area contributed by atoms with Gasteiger partial charge in [0.15, 0.2) is 0 Å². The van der Waals surface area contributed by atoms with Crippen molar-refractivity contribution < 1.29 is 24.2 Å². The molecule has 0 aliphatic heterocycles. The molecule has 0 radical (unpaired) electrons. The van der Waals surface area contributed by atoms with Gasteiger partial charge in [-0.05, 0) is 18.4 Å². The lowest BCUT2D eigenvalue weighted by Crippen LogP contribution is -2.76. The number of amides is 1. The van der Waals surface area contributed by atoms with Crippen molar-refractivity contribution in [2.45, 2.75) is 38.8 Å². The van der Waals surface area contributed by atoms with Gasteiger partial charge in [0.25, 0.3) is 5.91 Å². The molecule has 0 bridgehead atoms. The molecule has 1 amide bonds. The quantitative estimate of drug-likeness (QED) is 0.836. The number of hydrogen-bond acceptors (Lipinski definition) is 5. The van der Waals surface area contributed by atoms with Crippen molar-refractivity contribution in [1.29, 1.82) is 0 Å². The summed E-state index contributed by atoms with van der Waals surface area (Å²) in [5.74, 6) is -1.03. The highest BCUT2D eigenvalue weighted by molar-refractivity contribution is 7.12. The van der Waals surface area contributed by atoms with Crippen molar-refractivity contribution in [2.24, 2.45) is 5.41 Å². The highest BCUT2D eigenvalue weighted by atomic mass is 32.1. The molecular formula is C15H21NO5S. The zero-order valence-corrected chi connectivity index (χ0v) is 14.0. The van der Waals surface area contributed by atoms with Gasteiger partial charge in [0.2, 0.25) is 0 Å². The highest BCUT2D eigenvalue weighted by Crippen LogP contribution is 2.51. The zero-order chi connectivity index (χ0) is 16.5. The van der Waals surface area contributed by atoms with E-state index in [1.54, 1.807) is 25.3 Å². The van der Waals surface area contributed by atoms with Crippen LogP contribution in [-0.2, 0) is 9.53 Å². The number of carbonyl (C=O) groups is 2. The lowest BCUT2D eigenvalue weighted by molar-refractivity contribution is -0.190. The Hall–Kier alpha value is -1.60. The maximum absolute atomic E-state index is 12.5. The summed E-state index contributed by atoms with van der Waals surface area (Å²) in [5.41, 5.74) is -2.03. The molecule has 1 aromatic heterocycles. The van der Waals surface area contributed by atoms with Crippen LogP contribution in [0.15, 0.2) is 11.4 Å². The number of ether oxygens (including phenoxy) is 2. The minimum absolute atomic E-state index is 0.195. The average Bonchev–Trinajstić information content (AvgIpc) is 2.93. The third-order valence-corrected chi connectivity index (χ3v) is 5.41. The monoisotopic (exact) mass is 327 g/mol. The lowest BCUT2D eigenvalue weighted by atomic mass is 9.54. The number of thiophene rings is 1. The van der Waals surface area contributed by atoms with Crippen LogP contribution in [0.3, 0.4) is 0 Å². The van der Waals surface area contributed by atoms with Crippen LogP contribution < -0.4 is 10.1 Å². The fourth-order valence-corrected chi connectivity index (χ4v) is 3.66. The van der Waals surface area contributed by atoms with Crippen LogP contribution in [0.2, 0.25) is 0 Å². The molecule has 1 saturated carbocycles. The Kier molecular flexibility index (Phi) is 4.49. The molecule has 1 aliphatic carbocycles. The van der Waals surface area contributed by atoms with Gasteiger partial charge in [0.1, 0.15) is 16.2 Å². The van der Waals surface area contributed by atoms with E-state index in [9.17, 15) is 14.7 Å². The molecule has 1 aliphatic rings. The van der Waals surface area contributed by atoms with Crippen LogP contribution in [0.1, 0.15) is 36.9 Å². The molecule has 1 fully saturated rings. The third kappa shape index (κ3) is 2.38.